The second-order valence-corrected chi connectivity index (χ2v) is 5.08. The van der Waals surface area contributed by atoms with Gasteiger partial charge in [-0.2, -0.15) is 5.10 Å². The van der Waals surface area contributed by atoms with Gasteiger partial charge in [0.05, 0.1) is 0 Å². The Morgan fingerprint density at radius 3 is 2.80 bits per heavy atom. The minimum absolute atomic E-state index is 0.492. The summed E-state index contributed by atoms with van der Waals surface area (Å²) in [4.78, 5) is 4.21. The largest absolute Gasteiger partial charge is 0.313 e. The van der Waals surface area contributed by atoms with Gasteiger partial charge in [0.1, 0.15) is 6.33 Å². The first-order chi connectivity index (χ1) is 7.15. The first-order valence-corrected chi connectivity index (χ1v) is 6.27. The Morgan fingerprint density at radius 1 is 1.53 bits per heavy atom. The van der Waals surface area contributed by atoms with E-state index in [0.29, 0.717) is 11.3 Å². The van der Waals surface area contributed by atoms with Crippen molar-refractivity contribution >= 4 is 11.8 Å². The predicted molar refractivity (Wildman–Crippen MR) is 64.1 cm³/mol. The molecule has 4 nitrogen and oxygen atoms in total. The molecule has 1 aromatic rings. The number of thioether (sulfide) groups is 1. The van der Waals surface area contributed by atoms with Crippen molar-refractivity contribution in [3.8, 4) is 0 Å². The van der Waals surface area contributed by atoms with Crippen molar-refractivity contribution in [2.75, 3.05) is 6.54 Å². The quantitative estimate of drug-likeness (QED) is 0.752. The molecule has 86 valence electrons. The fourth-order valence-electron chi connectivity index (χ4n) is 1.20. The number of hydrogen-bond acceptors (Lipinski definition) is 4. The molecule has 2 atom stereocenters. The lowest BCUT2D eigenvalue weighted by Crippen LogP contribution is -2.34. The monoisotopic (exact) mass is 228 g/mol. The zero-order valence-electron chi connectivity index (χ0n) is 9.90. The summed E-state index contributed by atoms with van der Waals surface area (Å²) < 4.78 is 1.81. The van der Waals surface area contributed by atoms with Crippen LogP contribution in [0.2, 0.25) is 0 Å². The smallest absolute Gasteiger partial charge is 0.186 e. The Labute approximate surface area is 95.9 Å². The minimum Gasteiger partial charge on any atom is -0.313 e. The van der Waals surface area contributed by atoms with Crippen LogP contribution >= 0.6 is 11.8 Å². The van der Waals surface area contributed by atoms with Crippen molar-refractivity contribution in [1.82, 2.24) is 20.1 Å². The van der Waals surface area contributed by atoms with Gasteiger partial charge in [0, 0.05) is 18.3 Å². The fourth-order valence-corrected chi connectivity index (χ4v) is 2.14. The van der Waals surface area contributed by atoms with E-state index in [1.807, 2.05) is 11.7 Å². The van der Waals surface area contributed by atoms with Crippen molar-refractivity contribution in [2.24, 2.45) is 7.05 Å². The first kappa shape index (κ1) is 12.5. The van der Waals surface area contributed by atoms with E-state index in [-0.39, 0.29) is 0 Å². The van der Waals surface area contributed by atoms with E-state index in [4.69, 9.17) is 0 Å². The topological polar surface area (TPSA) is 42.7 Å². The molecule has 1 N–H and O–H groups in total. The molecular weight excluding hydrogens is 208 g/mol. The summed E-state index contributed by atoms with van der Waals surface area (Å²) in [6.45, 7) is 7.68. The van der Waals surface area contributed by atoms with Crippen LogP contribution in [0.3, 0.4) is 0 Å². The van der Waals surface area contributed by atoms with E-state index < -0.39 is 0 Å². The molecule has 0 aliphatic rings. The van der Waals surface area contributed by atoms with Crippen LogP contribution in [0.5, 0.6) is 0 Å². The molecule has 1 heterocycles. The van der Waals surface area contributed by atoms with Gasteiger partial charge in [-0.3, -0.25) is 0 Å². The van der Waals surface area contributed by atoms with Crippen molar-refractivity contribution in [2.45, 2.75) is 43.6 Å². The second kappa shape index (κ2) is 6.12. The molecule has 1 aromatic heterocycles. The molecule has 0 radical (unpaired) electrons. The minimum atomic E-state index is 0.492. The maximum absolute atomic E-state index is 4.21. The lowest BCUT2D eigenvalue weighted by atomic mass is 10.2. The highest BCUT2D eigenvalue weighted by molar-refractivity contribution is 7.99. The average molecular weight is 228 g/mol. The highest BCUT2D eigenvalue weighted by Gasteiger charge is 2.14. The number of hydrogen-bond donors (Lipinski definition) is 1. The summed E-state index contributed by atoms with van der Waals surface area (Å²) in [5.41, 5.74) is 0. The highest BCUT2D eigenvalue weighted by Crippen LogP contribution is 2.22. The lowest BCUT2D eigenvalue weighted by Gasteiger charge is -2.19. The van der Waals surface area contributed by atoms with Crippen molar-refractivity contribution < 1.29 is 0 Å². The van der Waals surface area contributed by atoms with Gasteiger partial charge >= 0.3 is 0 Å². The SMILES string of the molecule is CCCNC(C)C(C)Sc1ncnn1C. The van der Waals surface area contributed by atoms with Gasteiger partial charge in [0.2, 0.25) is 0 Å². The molecule has 0 aromatic carbocycles. The van der Waals surface area contributed by atoms with Crippen LogP contribution in [-0.2, 0) is 7.05 Å². The van der Waals surface area contributed by atoms with E-state index >= 15 is 0 Å². The summed E-state index contributed by atoms with van der Waals surface area (Å²) in [7, 11) is 1.92. The Hall–Kier alpha value is -0.550. The molecule has 1 rings (SSSR count). The van der Waals surface area contributed by atoms with Gasteiger partial charge in [0.25, 0.3) is 0 Å². The van der Waals surface area contributed by atoms with Crippen LogP contribution in [0, 0.1) is 0 Å². The first-order valence-electron chi connectivity index (χ1n) is 5.39. The summed E-state index contributed by atoms with van der Waals surface area (Å²) in [5.74, 6) is 0. The summed E-state index contributed by atoms with van der Waals surface area (Å²) >= 11 is 1.76. The van der Waals surface area contributed by atoms with Gasteiger partial charge in [-0.05, 0) is 19.9 Å². The number of nitrogens with one attached hydrogen (secondary N) is 1. The Balaban J connectivity index is 2.41. The van der Waals surface area contributed by atoms with Crippen LogP contribution in [0.1, 0.15) is 27.2 Å². The summed E-state index contributed by atoms with van der Waals surface area (Å²) in [5, 5.41) is 9.02. The summed E-state index contributed by atoms with van der Waals surface area (Å²) in [6.07, 6.45) is 2.77. The van der Waals surface area contributed by atoms with Crippen molar-refractivity contribution in [3.05, 3.63) is 6.33 Å². The van der Waals surface area contributed by atoms with Crippen LogP contribution in [0.15, 0.2) is 11.5 Å². The third-order valence-electron chi connectivity index (χ3n) is 2.38. The third kappa shape index (κ3) is 3.83. The van der Waals surface area contributed by atoms with E-state index in [9.17, 15) is 0 Å². The molecule has 0 saturated heterocycles. The Bertz CT molecular complexity index is 287. The molecule has 5 heteroatoms. The normalized spacial score (nSPS) is 15.2. The zero-order valence-corrected chi connectivity index (χ0v) is 10.7. The van der Waals surface area contributed by atoms with E-state index in [0.717, 1.165) is 11.7 Å². The molecule has 0 spiro atoms. The predicted octanol–water partition coefficient (Wildman–Crippen LogP) is 1.68. The molecule has 0 aliphatic carbocycles. The maximum atomic E-state index is 4.21. The molecule has 2 unspecified atom stereocenters. The fraction of sp³-hybridized carbons (Fsp3) is 0.800. The van der Waals surface area contributed by atoms with Gasteiger partial charge in [-0.1, -0.05) is 25.6 Å². The van der Waals surface area contributed by atoms with Crippen molar-refractivity contribution in [1.29, 1.82) is 0 Å². The van der Waals surface area contributed by atoms with E-state index in [1.54, 1.807) is 18.1 Å². The van der Waals surface area contributed by atoms with Crippen LogP contribution in [-0.4, -0.2) is 32.6 Å². The second-order valence-electron chi connectivity index (χ2n) is 3.73. The third-order valence-corrected chi connectivity index (χ3v) is 3.74. The number of nitrogens with zero attached hydrogens (tertiary/aromatic N) is 3. The molecule has 15 heavy (non-hydrogen) atoms. The van der Waals surface area contributed by atoms with Gasteiger partial charge in [0.15, 0.2) is 5.16 Å². The Kier molecular flexibility index (Phi) is 5.11. The van der Waals surface area contributed by atoms with Gasteiger partial charge in [-0.25, -0.2) is 9.67 Å². The maximum Gasteiger partial charge on any atom is 0.186 e. The van der Waals surface area contributed by atoms with Gasteiger partial charge in [-0.15, -0.1) is 0 Å². The molecule has 0 fully saturated rings. The molecule has 0 bridgehead atoms. The average Bonchev–Trinajstić information content (AvgIpc) is 2.61. The van der Waals surface area contributed by atoms with Crippen LogP contribution in [0.25, 0.3) is 0 Å². The highest BCUT2D eigenvalue weighted by atomic mass is 32.2. The molecule has 0 saturated carbocycles. The number of rotatable bonds is 6. The number of aryl methyl sites for hydroxylation is 1. The van der Waals surface area contributed by atoms with Crippen LogP contribution in [0.4, 0.5) is 0 Å². The van der Waals surface area contributed by atoms with Crippen molar-refractivity contribution in [3.63, 3.8) is 0 Å². The van der Waals surface area contributed by atoms with Crippen LogP contribution < -0.4 is 5.32 Å². The van der Waals surface area contributed by atoms with Gasteiger partial charge < -0.3 is 5.32 Å². The Morgan fingerprint density at radius 2 is 2.27 bits per heavy atom. The summed E-state index contributed by atoms with van der Waals surface area (Å²) in [6, 6.07) is 0.492. The molecule has 0 amide bonds. The molecular formula is C10H20N4S. The zero-order chi connectivity index (χ0) is 11.3. The lowest BCUT2D eigenvalue weighted by molar-refractivity contribution is 0.540. The standard InChI is InChI=1S/C10H20N4S/c1-5-6-11-8(2)9(3)15-10-12-7-13-14(10)4/h7-9,11H,5-6H2,1-4H3. The molecule has 0 aliphatic heterocycles. The van der Waals surface area contributed by atoms with E-state index in [1.165, 1.54) is 6.42 Å². The van der Waals surface area contributed by atoms with E-state index in [2.05, 4.69) is 36.2 Å². The number of aromatic nitrogens is 3.